The molecule has 4 heterocycles. The molecular weight excluding hydrogens is 459 g/mol. The van der Waals surface area contributed by atoms with Crippen LogP contribution in [-0.4, -0.2) is 59.0 Å². The highest BCUT2D eigenvalue weighted by atomic mass is 19.4. The van der Waals surface area contributed by atoms with Gasteiger partial charge >= 0.3 is 12.1 Å². The third-order valence-electron chi connectivity index (χ3n) is 5.84. The first-order valence-electron chi connectivity index (χ1n) is 10.5. The van der Waals surface area contributed by atoms with Crippen LogP contribution in [0.15, 0.2) is 28.7 Å². The quantitative estimate of drug-likeness (QED) is 0.564. The van der Waals surface area contributed by atoms with Gasteiger partial charge in [0.25, 0.3) is 5.91 Å². The Morgan fingerprint density at radius 3 is 2.53 bits per heavy atom. The summed E-state index contributed by atoms with van der Waals surface area (Å²) in [5.74, 6) is -3.42. The Morgan fingerprint density at radius 2 is 1.91 bits per heavy atom. The van der Waals surface area contributed by atoms with Crippen LogP contribution >= 0.6 is 0 Å². The summed E-state index contributed by atoms with van der Waals surface area (Å²) in [7, 11) is 0. The molecule has 0 aliphatic carbocycles. The van der Waals surface area contributed by atoms with E-state index < -0.39 is 24.1 Å². The molecule has 1 saturated heterocycles. The van der Waals surface area contributed by atoms with Crippen molar-refractivity contribution in [3.63, 3.8) is 0 Å². The van der Waals surface area contributed by atoms with Crippen LogP contribution in [0.3, 0.4) is 0 Å². The molecule has 12 heteroatoms. The minimum atomic E-state index is -5.08. The summed E-state index contributed by atoms with van der Waals surface area (Å²) in [5.41, 5.74) is 3.92. The highest BCUT2D eigenvalue weighted by molar-refractivity contribution is 6.07. The third-order valence-corrected chi connectivity index (χ3v) is 5.84. The molecule has 3 aliphatic rings. The number of hydrogen-bond acceptors (Lipinski definition) is 6. The number of hydrogen-bond donors (Lipinski definition) is 3. The van der Waals surface area contributed by atoms with Crippen molar-refractivity contribution >= 4 is 40.2 Å². The molecule has 5 rings (SSSR count). The van der Waals surface area contributed by atoms with E-state index in [9.17, 15) is 27.6 Å². The Bertz CT molecular complexity index is 1220. The Labute approximate surface area is 190 Å². The molecule has 0 radical (unpaired) electrons. The van der Waals surface area contributed by atoms with Gasteiger partial charge in [0, 0.05) is 23.9 Å². The number of imide groups is 1. The lowest BCUT2D eigenvalue weighted by Crippen LogP contribution is -2.52. The number of furan rings is 1. The van der Waals surface area contributed by atoms with Crippen LogP contribution in [-0.2, 0) is 20.9 Å². The maximum Gasteiger partial charge on any atom is 0.490 e. The largest absolute Gasteiger partial charge is 0.490 e. The fourth-order valence-electron chi connectivity index (χ4n) is 4.17. The third kappa shape index (κ3) is 4.53. The normalized spacial score (nSPS) is 20.4. The smallest absolute Gasteiger partial charge is 0.475 e. The van der Waals surface area contributed by atoms with Gasteiger partial charge in [0.05, 0.1) is 6.54 Å². The highest BCUT2D eigenvalue weighted by Gasteiger charge is 2.42. The fraction of sp³-hybridized carbons (Fsp3) is 0.364. The topological polar surface area (TPSA) is 129 Å². The average molecular weight is 479 g/mol. The van der Waals surface area contributed by atoms with Crippen LogP contribution in [0.2, 0.25) is 0 Å². The van der Waals surface area contributed by atoms with E-state index in [-0.39, 0.29) is 18.2 Å². The van der Waals surface area contributed by atoms with Crippen molar-refractivity contribution in [1.82, 2.24) is 15.5 Å². The number of carboxylic acid groups (broad SMARTS) is 1. The Hall–Kier alpha value is -3.67. The fourth-order valence-corrected chi connectivity index (χ4v) is 4.17. The van der Waals surface area contributed by atoms with E-state index >= 15 is 0 Å². The van der Waals surface area contributed by atoms with Gasteiger partial charge in [0.15, 0.2) is 5.76 Å². The molecule has 0 saturated carbocycles. The van der Waals surface area contributed by atoms with Crippen molar-refractivity contribution in [3.05, 3.63) is 41.2 Å². The van der Waals surface area contributed by atoms with Gasteiger partial charge in [-0.05, 0) is 36.6 Å². The Kier molecular flexibility index (Phi) is 6.17. The number of fused-ring (bicyclic) bond motifs is 3. The van der Waals surface area contributed by atoms with Crippen molar-refractivity contribution in [2.24, 2.45) is 0 Å². The monoisotopic (exact) mass is 479 g/mol. The van der Waals surface area contributed by atoms with E-state index in [0.717, 1.165) is 36.0 Å². The Morgan fingerprint density at radius 1 is 1.18 bits per heavy atom. The lowest BCUT2D eigenvalue weighted by atomic mass is 9.99. The standard InChI is InChI=1S/C20H19N3O4.C2HF3O2/c24-17-4-3-15(19(25)22-17)23-10-14-13-2-1-12(11-5-7-21-8-6-11)9-16(13)27-18(14)20(23)26;3-2(4,5)1(6)7/h1-2,5,9,15,21H,3-4,6-8,10H2,(H,22,24,25);(H,6,7). The number of halogens is 3. The first-order valence-corrected chi connectivity index (χ1v) is 10.5. The maximum atomic E-state index is 12.8. The highest BCUT2D eigenvalue weighted by Crippen LogP contribution is 2.36. The molecule has 9 nitrogen and oxygen atoms in total. The number of nitrogens with one attached hydrogen (secondary N) is 2. The van der Waals surface area contributed by atoms with Crippen molar-refractivity contribution in [3.8, 4) is 0 Å². The number of carboxylic acids is 1. The van der Waals surface area contributed by atoms with Crippen molar-refractivity contribution in [2.75, 3.05) is 13.1 Å². The van der Waals surface area contributed by atoms with E-state index in [2.05, 4.69) is 22.8 Å². The number of nitrogens with zero attached hydrogens (tertiary/aromatic N) is 1. The summed E-state index contributed by atoms with van der Waals surface area (Å²) < 4.78 is 37.6. The summed E-state index contributed by atoms with van der Waals surface area (Å²) in [4.78, 5) is 46.7. The van der Waals surface area contributed by atoms with Gasteiger partial charge in [-0.2, -0.15) is 13.2 Å². The predicted molar refractivity (Wildman–Crippen MR) is 111 cm³/mol. The molecule has 0 spiro atoms. The van der Waals surface area contributed by atoms with E-state index in [0.29, 0.717) is 24.3 Å². The second kappa shape index (κ2) is 8.93. The van der Waals surface area contributed by atoms with Gasteiger partial charge in [0.1, 0.15) is 11.6 Å². The van der Waals surface area contributed by atoms with Gasteiger partial charge in [-0.3, -0.25) is 19.7 Å². The number of carbonyl (C=O) groups excluding carboxylic acids is 3. The number of amides is 3. The van der Waals surface area contributed by atoms with Gasteiger partial charge in [-0.1, -0.05) is 18.2 Å². The SMILES string of the molecule is O=C(O)C(F)(F)F.O=C1CCC(N2Cc3c(oc4cc(C5=CCNCC5)ccc34)C2=O)C(=O)N1. The predicted octanol–water partition coefficient (Wildman–Crippen LogP) is 2.20. The first-order chi connectivity index (χ1) is 16.1. The molecule has 1 fully saturated rings. The molecule has 34 heavy (non-hydrogen) atoms. The molecular formula is C22H20F3N3O6. The molecule has 180 valence electrons. The number of carbonyl (C=O) groups is 4. The van der Waals surface area contributed by atoms with Crippen LogP contribution in [0.1, 0.15) is 40.9 Å². The summed E-state index contributed by atoms with van der Waals surface area (Å²) in [5, 5.41) is 13.6. The number of alkyl halides is 3. The van der Waals surface area contributed by atoms with E-state index in [1.54, 1.807) is 0 Å². The second-order valence-electron chi connectivity index (χ2n) is 8.01. The summed E-state index contributed by atoms with van der Waals surface area (Å²) in [6.45, 7) is 2.15. The molecule has 1 unspecified atom stereocenters. The molecule has 2 aromatic rings. The molecule has 3 N–H and O–H groups in total. The van der Waals surface area contributed by atoms with Gasteiger partial charge in [-0.15, -0.1) is 0 Å². The minimum Gasteiger partial charge on any atom is -0.475 e. The summed E-state index contributed by atoms with van der Waals surface area (Å²) in [6.07, 6.45) is -1.34. The van der Waals surface area contributed by atoms with Crippen LogP contribution in [0.4, 0.5) is 13.2 Å². The number of rotatable bonds is 2. The van der Waals surface area contributed by atoms with Gasteiger partial charge in [-0.25, -0.2) is 4.79 Å². The zero-order valence-corrected chi connectivity index (χ0v) is 17.7. The molecule has 3 aliphatic heterocycles. The summed E-state index contributed by atoms with van der Waals surface area (Å²) in [6, 6.07) is 5.44. The van der Waals surface area contributed by atoms with Crippen LogP contribution in [0, 0.1) is 0 Å². The molecule has 1 aromatic carbocycles. The van der Waals surface area contributed by atoms with Gasteiger partial charge < -0.3 is 19.7 Å². The van der Waals surface area contributed by atoms with Crippen molar-refractivity contribution in [2.45, 2.75) is 38.0 Å². The first kappa shape index (κ1) is 23.5. The van der Waals surface area contributed by atoms with Gasteiger partial charge in [0.2, 0.25) is 11.8 Å². The van der Waals surface area contributed by atoms with Crippen molar-refractivity contribution < 1.29 is 41.9 Å². The summed E-state index contributed by atoms with van der Waals surface area (Å²) >= 11 is 0. The van der Waals surface area contributed by atoms with Crippen molar-refractivity contribution in [1.29, 1.82) is 0 Å². The van der Waals surface area contributed by atoms with Crippen LogP contribution in [0.5, 0.6) is 0 Å². The minimum absolute atomic E-state index is 0.246. The molecule has 1 atom stereocenters. The molecule has 3 amide bonds. The zero-order valence-electron chi connectivity index (χ0n) is 17.7. The number of piperidine rings is 1. The maximum absolute atomic E-state index is 12.8. The number of benzene rings is 1. The van der Waals surface area contributed by atoms with E-state index in [1.807, 2.05) is 12.1 Å². The average Bonchev–Trinajstić information content (AvgIpc) is 3.30. The Balaban J connectivity index is 0.000000344. The lowest BCUT2D eigenvalue weighted by Gasteiger charge is -2.29. The molecule has 0 bridgehead atoms. The van der Waals surface area contributed by atoms with E-state index in [4.69, 9.17) is 14.3 Å². The second-order valence-corrected chi connectivity index (χ2v) is 8.01. The number of aliphatic carboxylic acids is 1. The van der Waals surface area contributed by atoms with E-state index in [1.165, 1.54) is 10.5 Å². The van der Waals surface area contributed by atoms with Crippen LogP contribution < -0.4 is 10.6 Å². The lowest BCUT2D eigenvalue weighted by molar-refractivity contribution is -0.192. The van der Waals surface area contributed by atoms with Crippen LogP contribution in [0.25, 0.3) is 16.5 Å². The molecule has 1 aromatic heterocycles. The zero-order chi connectivity index (χ0) is 24.6.